The molecule has 0 spiro atoms. The molecule has 2 unspecified atom stereocenters. The summed E-state index contributed by atoms with van der Waals surface area (Å²) < 4.78 is 19.2. The van der Waals surface area contributed by atoms with Gasteiger partial charge in [0.2, 0.25) is 11.5 Å². The Labute approximate surface area is 217 Å². The number of unbranched alkanes of at least 4 members (excludes halogenated alkanes) is 2. The molecule has 0 saturated heterocycles. The highest BCUT2D eigenvalue weighted by Crippen LogP contribution is 2.14. The zero-order valence-electron chi connectivity index (χ0n) is 23.0. The Morgan fingerprint density at radius 1 is 0.833 bits per heavy atom. The first-order chi connectivity index (χ1) is 17.5. The molecule has 8 nitrogen and oxygen atoms in total. The molecule has 0 amide bonds. The van der Waals surface area contributed by atoms with Gasteiger partial charge in [0.1, 0.15) is 0 Å². The molecule has 2 atom stereocenters. The Bertz CT molecular complexity index is 706. The molecule has 2 aromatic heterocycles. The van der Waals surface area contributed by atoms with Crippen molar-refractivity contribution < 1.29 is 38.1 Å². The van der Waals surface area contributed by atoms with E-state index in [1.165, 1.54) is 51.7 Å². The molecule has 0 aromatic carbocycles. The number of carbonyl (C=O) groups excluding carboxylic acids is 2. The Morgan fingerprint density at radius 2 is 1.31 bits per heavy atom. The highest BCUT2D eigenvalue weighted by Gasteiger charge is 2.13. The summed E-state index contributed by atoms with van der Waals surface area (Å²) in [5.41, 5.74) is 0. The number of ether oxygens (including phenoxy) is 2. The van der Waals surface area contributed by atoms with E-state index < -0.39 is 5.97 Å². The molecular formula is C28H48O8. The van der Waals surface area contributed by atoms with Crippen molar-refractivity contribution in [3.05, 3.63) is 48.3 Å². The summed E-state index contributed by atoms with van der Waals surface area (Å²) in [6.45, 7) is 9.48. The van der Waals surface area contributed by atoms with Gasteiger partial charge in [0, 0.05) is 13.7 Å². The van der Waals surface area contributed by atoms with Crippen LogP contribution < -0.4 is 0 Å². The molecule has 2 heterocycles. The summed E-state index contributed by atoms with van der Waals surface area (Å²) in [7, 11) is 2.31. The van der Waals surface area contributed by atoms with Crippen LogP contribution in [0.2, 0.25) is 0 Å². The number of rotatable bonds is 13. The van der Waals surface area contributed by atoms with E-state index in [1.54, 1.807) is 24.3 Å². The van der Waals surface area contributed by atoms with E-state index in [0.29, 0.717) is 25.0 Å². The van der Waals surface area contributed by atoms with Crippen LogP contribution in [0.4, 0.5) is 0 Å². The molecule has 0 aliphatic carbocycles. The molecule has 0 saturated carbocycles. The summed E-state index contributed by atoms with van der Waals surface area (Å²) in [5, 5.41) is 15.8. The van der Waals surface area contributed by atoms with Crippen molar-refractivity contribution in [2.45, 2.75) is 79.1 Å². The van der Waals surface area contributed by atoms with E-state index in [2.05, 4.69) is 32.4 Å². The van der Waals surface area contributed by atoms with Crippen molar-refractivity contribution >= 4 is 11.9 Å². The number of furan rings is 2. The predicted octanol–water partition coefficient (Wildman–Crippen LogP) is 6.52. The van der Waals surface area contributed by atoms with Gasteiger partial charge in [-0.1, -0.05) is 66.2 Å². The molecule has 0 fully saturated rings. The van der Waals surface area contributed by atoms with Gasteiger partial charge in [-0.15, -0.1) is 0 Å². The quantitative estimate of drug-likeness (QED) is 0.291. The van der Waals surface area contributed by atoms with Crippen LogP contribution in [0, 0.1) is 11.8 Å². The molecule has 2 N–H and O–H groups in total. The van der Waals surface area contributed by atoms with Gasteiger partial charge in [-0.05, 0) is 48.9 Å². The third kappa shape index (κ3) is 17.8. The normalized spacial score (nSPS) is 11.3. The fourth-order valence-electron chi connectivity index (χ4n) is 2.97. The topological polar surface area (TPSA) is 119 Å². The van der Waals surface area contributed by atoms with E-state index >= 15 is 0 Å². The summed E-state index contributed by atoms with van der Waals surface area (Å²) in [6.07, 6.45) is 12.3. The molecule has 8 heteroatoms. The molecule has 36 heavy (non-hydrogen) atoms. The van der Waals surface area contributed by atoms with Crippen LogP contribution in [-0.4, -0.2) is 49.6 Å². The van der Waals surface area contributed by atoms with Crippen LogP contribution in [0.25, 0.3) is 0 Å². The Kier molecular flexibility index (Phi) is 25.2. The lowest BCUT2D eigenvalue weighted by molar-refractivity contribution is 0.0392. The second-order valence-electron chi connectivity index (χ2n) is 8.06. The Hall–Kier alpha value is -2.58. The molecular weight excluding hydrogens is 464 g/mol. The largest absolute Gasteiger partial charge is 0.463 e. The summed E-state index contributed by atoms with van der Waals surface area (Å²) >= 11 is 0. The molecule has 0 radical (unpaired) electrons. The number of carbonyl (C=O) groups is 2. The molecule has 2 rings (SSSR count). The van der Waals surface area contributed by atoms with Crippen molar-refractivity contribution in [3.8, 4) is 0 Å². The van der Waals surface area contributed by atoms with Crippen LogP contribution in [0.5, 0.6) is 0 Å². The van der Waals surface area contributed by atoms with Crippen molar-refractivity contribution in [3.63, 3.8) is 0 Å². The number of aliphatic hydroxyl groups is 2. The molecule has 208 valence electrons. The predicted molar refractivity (Wildman–Crippen MR) is 141 cm³/mol. The average Bonchev–Trinajstić information content (AvgIpc) is 3.66. The number of hydrogen-bond acceptors (Lipinski definition) is 8. The van der Waals surface area contributed by atoms with Gasteiger partial charge in [0.15, 0.2) is 0 Å². The summed E-state index contributed by atoms with van der Waals surface area (Å²) in [4.78, 5) is 22.0. The highest BCUT2D eigenvalue weighted by molar-refractivity contribution is 5.86. The van der Waals surface area contributed by atoms with Crippen LogP contribution in [0.3, 0.4) is 0 Å². The lowest BCUT2D eigenvalue weighted by Crippen LogP contribution is -2.13. The summed E-state index contributed by atoms with van der Waals surface area (Å²) in [6, 6.07) is 6.48. The van der Waals surface area contributed by atoms with E-state index in [0.717, 1.165) is 26.4 Å². The number of aliphatic hydroxyl groups excluding tert-OH is 2. The lowest BCUT2D eigenvalue weighted by atomic mass is 10.0. The molecule has 2 aromatic rings. The van der Waals surface area contributed by atoms with E-state index in [9.17, 15) is 9.59 Å². The average molecular weight is 513 g/mol. The standard InChI is InChI=1S/C13H20O3.C8H18O.C6H6O3.CH4O/c1-3-5-7-11(4-2)10-16-13(14)12-8-6-9-15-12;1-3-5-6-8(4-2)7-9;1-8-6(7)5-3-2-4-9-5;1-2/h6,8-9,11H,3-5,7,10H2,1-2H3;8-9H,3-7H2,1-2H3;2-4H,1H3;2H,1H3. The Morgan fingerprint density at radius 3 is 1.67 bits per heavy atom. The number of hydrogen-bond donors (Lipinski definition) is 2. The first kappa shape index (κ1) is 35.6. The van der Waals surface area contributed by atoms with Crippen molar-refractivity contribution in [2.24, 2.45) is 11.8 Å². The minimum Gasteiger partial charge on any atom is -0.463 e. The van der Waals surface area contributed by atoms with Gasteiger partial charge < -0.3 is 28.5 Å². The van der Waals surface area contributed by atoms with E-state index in [1.807, 2.05) is 0 Å². The zero-order chi connectivity index (χ0) is 27.6. The maximum Gasteiger partial charge on any atom is 0.374 e. The Balaban J connectivity index is 0. The fourth-order valence-corrected chi connectivity index (χ4v) is 2.97. The minimum absolute atomic E-state index is 0.234. The zero-order valence-corrected chi connectivity index (χ0v) is 23.0. The van der Waals surface area contributed by atoms with Gasteiger partial charge in [-0.25, -0.2) is 9.59 Å². The van der Waals surface area contributed by atoms with Gasteiger partial charge in [0.25, 0.3) is 0 Å². The maximum absolute atomic E-state index is 11.5. The van der Waals surface area contributed by atoms with Crippen molar-refractivity contribution in [2.75, 3.05) is 27.4 Å². The smallest absolute Gasteiger partial charge is 0.374 e. The van der Waals surface area contributed by atoms with Gasteiger partial charge in [-0.3, -0.25) is 0 Å². The van der Waals surface area contributed by atoms with E-state index in [-0.39, 0.29) is 17.5 Å². The molecule has 0 aliphatic heterocycles. The summed E-state index contributed by atoms with van der Waals surface area (Å²) in [5.74, 6) is 0.742. The third-order valence-electron chi connectivity index (χ3n) is 5.42. The molecule has 0 bridgehead atoms. The first-order valence-electron chi connectivity index (χ1n) is 12.8. The number of methoxy groups -OCH3 is 1. The van der Waals surface area contributed by atoms with Crippen LogP contribution in [-0.2, 0) is 9.47 Å². The van der Waals surface area contributed by atoms with E-state index in [4.69, 9.17) is 23.8 Å². The maximum atomic E-state index is 11.5. The first-order valence-corrected chi connectivity index (χ1v) is 12.8. The SMILES string of the molecule is CCCCC(CC)CO.CCCCC(CC)COC(=O)c1ccco1.CO.COC(=O)c1ccco1. The van der Waals surface area contributed by atoms with Crippen molar-refractivity contribution in [1.29, 1.82) is 0 Å². The second kappa shape index (κ2) is 25.5. The van der Waals surface area contributed by atoms with Gasteiger partial charge in [-0.2, -0.15) is 0 Å². The van der Waals surface area contributed by atoms with Crippen LogP contribution in [0.15, 0.2) is 45.6 Å². The molecule has 0 aliphatic rings. The second-order valence-corrected chi connectivity index (χ2v) is 8.06. The fraction of sp³-hybridized carbons (Fsp3) is 0.643. The monoisotopic (exact) mass is 512 g/mol. The van der Waals surface area contributed by atoms with Gasteiger partial charge in [0.05, 0.1) is 26.2 Å². The van der Waals surface area contributed by atoms with Crippen molar-refractivity contribution in [1.82, 2.24) is 0 Å². The van der Waals surface area contributed by atoms with Crippen LogP contribution >= 0.6 is 0 Å². The minimum atomic E-state index is -0.444. The van der Waals surface area contributed by atoms with Gasteiger partial charge >= 0.3 is 11.9 Å². The lowest BCUT2D eigenvalue weighted by Gasteiger charge is -2.13. The van der Waals surface area contributed by atoms with Crippen LogP contribution in [0.1, 0.15) is 100 Å². The third-order valence-corrected chi connectivity index (χ3v) is 5.42. The number of esters is 2. The highest BCUT2D eigenvalue weighted by atomic mass is 16.5.